The van der Waals surface area contributed by atoms with Crippen LogP contribution in [0.25, 0.3) is 0 Å². The summed E-state index contributed by atoms with van der Waals surface area (Å²) in [6.07, 6.45) is 3.04. The van der Waals surface area contributed by atoms with E-state index in [1.165, 1.54) is 4.88 Å². The summed E-state index contributed by atoms with van der Waals surface area (Å²) in [5.74, 6) is 5.63. The topological polar surface area (TPSA) is 38.0 Å². The summed E-state index contributed by atoms with van der Waals surface area (Å²) in [6.45, 7) is 0. The van der Waals surface area contributed by atoms with Gasteiger partial charge in [-0.1, -0.05) is 29.3 Å². The largest absolute Gasteiger partial charge is 0.271 e. The zero-order valence-electron chi connectivity index (χ0n) is 10.4. The van der Waals surface area contributed by atoms with Crippen molar-refractivity contribution in [1.29, 1.82) is 0 Å². The summed E-state index contributed by atoms with van der Waals surface area (Å²) in [4.78, 5) is 1.40. The van der Waals surface area contributed by atoms with Gasteiger partial charge in [-0.15, -0.1) is 11.3 Å². The molecule has 2 rings (SSSR count). The molecule has 0 amide bonds. The van der Waals surface area contributed by atoms with Crippen molar-refractivity contribution in [3.63, 3.8) is 0 Å². The Morgan fingerprint density at radius 2 is 2.11 bits per heavy atom. The van der Waals surface area contributed by atoms with Crippen LogP contribution in [0.1, 0.15) is 29.3 Å². The molecule has 0 spiro atoms. The minimum absolute atomic E-state index is 0.0335. The van der Waals surface area contributed by atoms with Gasteiger partial charge in [0.1, 0.15) is 0 Å². The van der Waals surface area contributed by atoms with Crippen molar-refractivity contribution in [3.05, 3.63) is 56.2 Å². The number of aryl methyl sites for hydroxylation is 1. The normalized spacial score (nSPS) is 12.6. The Morgan fingerprint density at radius 3 is 2.79 bits per heavy atom. The summed E-state index contributed by atoms with van der Waals surface area (Å²) in [7, 11) is 0. The molecule has 0 saturated carbocycles. The monoisotopic (exact) mass is 314 g/mol. The van der Waals surface area contributed by atoms with E-state index in [4.69, 9.17) is 29.0 Å². The molecule has 2 nitrogen and oxygen atoms in total. The quantitative estimate of drug-likeness (QED) is 0.605. The van der Waals surface area contributed by atoms with Gasteiger partial charge >= 0.3 is 0 Å². The lowest BCUT2D eigenvalue weighted by atomic mass is 10.0. The summed E-state index contributed by atoms with van der Waals surface area (Å²) in [5.41, 5.74) is 3.79. The number of halogens is 2. The average Bonchev–Trinajstić information content (AvgIpc) is 2.91. The van der Waals surface area contributed by atoms with E-state index in [-0.39, 0.29) is 6.04 Å². The van der Waals surface area contributed by atoms with Gasteiger partial charge in [0, 0.05) is 21.0 Å². The van der Waals surface area contributed by atoms with E-state index in [0.717, 1.165) is 24.8 Å². The molecule has 2 aromatic rings. The Balaban J connectivity index is 1.97. The minimum atomic E-state index is 0.0335. The average molecular weight is 315 g/mol. The van der Waals surface area contributed by atoms with Gasteiger partial charge in [-0.25, -0.2) is 0 Å². The Morgan fingerprint density at radius 1 is 1.26 bits per heavy atom. The third kappa shape index (κ3) is 4.20. The molecule has 3 N–H and O–H groups in total. The fourth-order valence-electron chi connectivity index (χ4n) is 2.05. The molecule has 102 valence electrons. The highest BCUT2D eigenvalue weighted by Crippen LogP contribution is 2.29. The predicted octanol–water partition coefficient (Wildman–Crippen LogP) is 4.58. The molecule has 0 aliphatic rings. The Hall–Kier alpha value is -0.580. The smallest absolute Gasteiger partial charge is 0.0475 e. The Bertz CT molecular complexity index is 514. The van der Waals surface area contributed by atoms with Crippen LogP contribution in [0.5, 0.6) is 0 Å². The van der Waals surface area contributed by atoms with Crippen LogP contribution < -0.4 is 11.3 Å². The number of benzene rings is 1. The number of hydrogen-bond acceptors (Lipinski definition) is 3. The first-order chi connectivity index (χ1) is 9.20. The number of hydrazine groups is 1. The zero-order valence-corrected chi connectivity index (χ0v) is 12.7. The molecule has 0 aliphatic carbocycles. The highest BCUT2D eigenvalue weighted by atomic mass is 35.5. The molecule has 5 heteroatoms. The molecule has 19 heavy (non-hydrogen) atoms. The first-order valence-electron chi connectivity index (χ1n) is 6.14. The van der Waals surface area contributed by atoms with E-state index in [1.807, 2.05) is 12.1 Å². The Labute approximate surface area is 127 Å². The lowest BCUT2D eigenvalue weighted by Gasteiger charge is -2.17. The first-order valence-corrected chi connectivity index (χ1v) is 7.77. The van der Waals surface area contributed by atoms with Crippen molar-refractivity contribution in [2.75, 3.05) is 0 Å². The summed E-state index contributed by atoms with van der Waals surface area (Å²) >= 11 is 14.0. The van der Waals surface area contributed by atoms with E-state index in [9.17, 15) is 0 Å². The maximum atomic E-state index is 6.20. The van der Waals surface area contributed by atoms with Gasteiger partial charge in [0.25, 0.3) is 0 Å². The van der Waals surface area contributed by atoms with Gasteiger partial charge in [0.05, 0.1) is 0 Å². The maximum Gasteiger partial charge on any atom is 0.0475 e. The van der Waals surface area contributed by atoms with Crippen LogP contribution in [-0.2, 0) is 6.42 Å². The predicted molar refractivity (Wildman–Crippen MR) is 83.8 cm³/mol. The SMILES string of the molecule is NNC(CCCc1cccs1)c1cc(Cl)ccc1Cl. The van der Waals surface area contributed by atoms with E-state index in [2.05, 4.69) is 22.9 Å². The highest BCUT2D eigenvalue weighted by Gasteiger charge is 2.13. The zero-order chi connectivity index (χ0) is 13.7. The van der Waals surface area contributed by atoms with Crippen molar-refractivity contribution >= 4 is 34.5 Å². The standard InChI is InChI=1S/C14H16Cl2N2S/c15-10-6-7-13(16)12(9-10)14(18-17)5-1-3-11-4-2-8-19-11/h2,4,6-9,14,18H,1,3,5,17H2. The summed E-state index contributed by atoms with van der Waals surface area (Å²) in [6, 6.07) is 9.73. The van der Waals surface area contributed by atoms with Crippen molar-refractivity contribution in [2.45, 2.75) is 25.3 Å². The molecular formula is C14H16Cl2N2S. The van der Waals surface area contributed by atoms with Crippen LogP contribution >= 0.6 is 34.5 Å². The number of rotatable bonds is 6. The number of thiophene rings is 1. The second-order valence-corrected chi connectivity index (χ2v) is 6.23. The molecule has 1 aromatic carbocycles. The lowest BCUT2D eigenvalue weighted by Crippen LogP contribution is -2.28. The van der Waals surface area contributed by atoms with Gasteiger partial charge in [-0.2, -0.15) is 0 Å². The fraction of sp³-hybridized carbons (Fsp3) is 0.286. The van der Waals surface area contributed by atoms with Gasteiger partial charge < -0.3 is 0 Å². The number of nitrogens with one attached hydrogen (secondary N) is 1. The lowest BCUT2D eigenvalue weighted by molar-refractivity contribution is 0.499. The van der Waals surface area contributed by atoms with Crippen molar-refractivity contribution in [3.8, 4) is 0 Å². The van der Waals surface area contributed by atoms with Gasteiger partial charge in [0.15, 0.2) is 0 Å². The molecule has 1 heterocycles. The van der Waals surface area contributed by atoms with Gasteiger partial charge in [-0.3, -0.25) is 11.3 Å². The van der Waals surface area contributed by atoms with E-state index in [1.54, 1.807) is 17.4 Å². The second-order valence-electron chi connectivity index (χ2n) is 4.36. The van der Waals surface area contributed by atoms with Crippen LogP contribution in [0.3, 0.4) is 0 Å². The van der Waals surface area contributed by atoms with Gasteiger partial charge in [-0.05, 0) is 54.5 Å². The third-order valence-electron chi connectivity index (χ3n) is 3.03. The van der Waals surface area contributed by atoms with Crippen LogP contribution in [0, 0.1) is 0 Å². The second kappa shape index (κ2) is 7.27. The summed E-state index contributed by atoms with van der Waals surface area (Å²) < 4.78 is 0. The van der Waals surface area contributed by atoms with Crippen molar-refractivity contribution < 1.29 is 0 Å². The maximum absolute atomic E-state index is 6.20. The summed E-state index contributed by atoms with van der Waals surface area (Å²) in [5, 5.41) is 3.48. The van der Waals surface area contributed by atoms with Crippen LogP contribution in [0.15, 0.2) is 35.7 Å². The first kappa shape index (κ1) is 14.8. The van der Waals surface area contributed by atoms with Gasteiger partial charge in [0.2, 0.25) is 0 Å². The van der Waals surface area contributed by atoms with Crippen molar-refractivity contribution in [2.24, 2.45) is 5.84 Å². The van der Waals surface area contributed by atoms with E-state index < -0.39 is 0 Å². The van der Waals surface area contributed by atoms with Crippen molar-refractivity contribution in [1.82, 2.24) is 5.43 Å². The fourth-order valence-corrected chi connectivity index (χ4v) is 3.23. The molecule has 0 bridgehead atoms. The van der Waals surface area contributed by atoms with E-state index in [0.29, 0.717) is 10.0 Å². The molecule has 0 aliphatic heterocycles. The molecule has 1 aromatic heterocycles. The minimum Gasteiger partial charge on any atom is -0.271 e. The van der Waals surface area contributed by atoms with E-state index >= 15 is 0 Å². The number of hydrogen-bond donors (Lipinski definition) is 2. The third-order valence-corrected chi connectivity index (χ3v) is 4.55. The highest BCUT2D eigenvalue weighted by molar-refractivity contribution is 7.09. The molecule has 0 radical (unpaired) electrons. The van der Waals surface area contributed by atoms with Crippen LogP contribution in [0.4, 0.5) is 0 Å². The molecule has 0 fully saturated rings. The molecule has 0 saturated heterocycles. The number of nitrogens with two attached hydrogens (primary N) is 1. The molecule has 1 atom stereocenters. The Kier molecular flexibility index (Phi) is 5.67. The van der Waals surface area contributed by atoms with Crippen LogP contribution in [-0.4, -0.2) is 0 Å². The molecular weight excluding hydrogens is 299 g/mol. The molecule has 1 unspecified atom stereocenters. The van der Waals surface area contributed by atoms with Crippen LogP contribution in [0.2, 0.25) is 10.0 Å².